The lowest BCUT2D eigenvalue weighted by molar-refractivity contribution is 0.107. The Hall–Kier alpha value is -1.87. The minimum Gasteiger partial charge on any atom is -0.473 e. The molecule has 0 bridgehead atoms. The molecule has 0 aliphatic rings. The zero-order chi connectivity index (χ0) is 15.4. The number of pyridine rings is 1. The van der Waals surface area contributed by atoms with Crippen molar-refractivity contribution in [2.75, 3.05) is 0 Å². The van der Waals surface area contributed by atoms with Crippen LogP contribution in [0.1, 0.15) is 39.7 Å². The highest BCUT2D eigenvalue weighted by molar-refractivity contribution is 6.67. The Morgan fingerprint density at radius 2 is 2.00 bits per heavy atom. The largest absolute Gasteiger partial charge is 0.473 e. The highest BCUT2D eigenvalue weighted by Crippen LogP contribution is 2.22. The van der Waals surface area contributed by atoms with E-state index < -0.39 is 5.24 Å². The zero-order valence-electron chi connectivity index (χ0n) is 12.4. The minimum atomic E-state index is -0.460. The van der Waals surface area contributed by atoms with E-state index in [1.807, 2.05) is 45.0 Å². The molecule has 2 aromatic rings. The van der Waals surface area contributed by atoms with E-state index in [0.29, 0.717) is 11.4 Å². The summed E-state index contributed by atoms with van der Waals surface area (Å²) in [7, 11) is 0. The van der Waals surface area contributed by atoms with Crippen LogP contribution in [0.3, 0.4) is 0 Å². The van der Waals surface area contributed by atoms with Gasteiger partial charge in [0.1, 0.15) is 6.61 Å². The molecular formula is C17H18ClNO2. The molecule has 1 aromatic carbocycles. The van der Waals surface area contributed by atoms with Crippen LogP contribution in [0.4, 0.5) is 0 Å². The molecule has 110 valence electrons. The summed E-state index contributed by atoms with van der Waals surface area (Å²) < 4.78 is 5.82. The van der Waals surface area contributed by atoms with E-state index in [0.717, 1.165) is 28.8 Å². The van der Waals surface area contributed by atoms with Crippen LogP contribution >= 0.6 is 11.6 Å². The predicted octanol–water partition coefficient (Wildman–Crippen LogP) is 4.22. The van der Waals surface area contributed by atoms with Gasteiger partial charge in [-0.3, -0.25) is 4.79 Å². The number of benzene rings is 1. The van der Waals surface area contributed by atoms with Gasteiger partial charge in [0.05, 0.1) is 0 Å². The van der Waals surface area contributed by atoms with Crippen LogP contribution in [0.5, 0.6) is 5.88 Å². The van der Waals surface area contributed by atoms with Crippen LogP contribution in [0.2, 0.25) is 0 Å². The number of aromatic nitrogens is 1. The molecule has 0 saturated heterocycles. The fourth-order valence-electron chi connectivity index (χ4n) is 2.21. The number of aryl methyl sites for hydroxylation is 3. The third-order valence-corrected chi connectivity index (χ3v) is 3.61. The van der Waals surface area contributed by atoms with Gasteiger partial charge in [-0.25, -0.2) is 4.98 Å². The highest BCUT2D eigenvalue weighted by atomic mass is 35.5. The topological polar surface area (TPSA) is 39.2 Å². The van der Waals surface area contributed by atoms with Crippen molar-refractivity contribution in [1.29, 1.82) is 0 Å². The summed E-state index contributed by atoms with van der Waals surface area (Å²) in [6.07, 6.45) is 0.816. The van der Waals surface area contributed by atoms with Crippen molar-refractivity contribution in [1.82, 2.24) is 4.98 Å². The molecule has 3 nitrogen and oxygen atoms in total. The van der Waals surface area contributed by atoms with E-state index >= 15 is 0 Å². The van der Waals surface area contributed by atoms with Gasteiger partial charge >= 0.3 is 0 Å². The van der Waals surface area contributed by atoms with Crippen molar-refractivity contribution >= 4 is 16.8 Å². The summed E-state index contributed by atoms with van der Waals surface area (Å²) in [4.78, 5) is 15.9. The molecule has 0 atom stereocenters. The van der Waals surface area contributed by atoms with Gasteiger partial charge in [-0.15, -0.1) is 0 Å². The molecule has 2 rings (SSSR count). The maximum absolute atomic E-state index is 11.6. The summed E-state index contributed by atoms with van der Waals surface area (Å²) in [5.74, 6) is 0.592. The number of nitrogens with zero attached hydrogens (tertiary/aromatic N) is 1. The van der Waals surface area contributed by atoms with Crippen molar-refractivity contribution in [3.8, 4) is 5.88 Å². The van der Waals surface area contributed by atoms with Gasteiger partial charge in [-0.1, -0.05) is 25.1 Å². The van der Waals surface area contributed by atoms with Crippen LogP contribution in [-0.4, -0.2) is 10.2 Å². The SMILES string of the molecule is CCc1cccc(C(=O)Cl)c1COc1nc(C)ccc1C. The molecule has 0 fully saturated rings. The summed E-state index contributed by atoms with van der Waals surface area (Å²) in [5.41, 5.74) is 4.26. The molecule has 21 heavy (non-hydrogen) atoms. The Kier molecular flexibility index (Phi) is 4.97. The maximum atomic E-state index is 11.6. The maximum Gasteiger partial charge on any atom is 0.252 e. The third kappa shape index (κ3) is 3.61. The molecule has 0 aliphatic heterocycles. The number of ether oxygens (including phenoxy) is 1. The van der Waals surface area contributed by atoms with Crippen LogP contribution in [0.15, 0.2) is 30.3 Å². The average Bonchev–Trinajstić information content (AvgIpc) is 2.47. The summed E-state index contributed by atoms with van der Waals surface area (Å²) in [6, 6.07) is 9.46. The summed E-state index contributed by atoms with van der Waals surface area (Å²) in [5, 5.41) is -0.460. The van der Waals surface area contributed by atoms with Crippen molar-refractivity contribution in [2.24, 2.45) is 0 Å². The molecular weight excluding hydrogens is 286 g/mol. The van der Waals surface area contributed by atoms with Gasteiger partial charge in [-0.2, -0.15) is 0 Å². The van der Waals surface area contributed by atoms with Gasteiger partial charge in [0.2, 0.25) is 5.88 Å². The molecule has 0 radical (unpaired) electrons. The first-order chi connectivity index (χ1) is 10.0. The molecule has 0 saturated carbocycles. The molecule has 4 heteroatoms. The second-order valence-electron chi connectivity index (χ2n) is 4.93. The van der Waals surface area contributed by atoms with Gasteiger partial charge < -0.3 is 4.74 Å². The monoisotopic (exact) mass is 303 g/mol. The lowest BCUT2D eigenvalue weighted by atomic mass is 10.0. The van der Waals surface area contributed by atoms with E-state index in [1.54, 1.807) is 6.07 Å². The van der Waals surface area contributed by atoms with Crippen molar-refractivity contribution in [3.63, 3.8) is 0 Å². The standard InChI is InChI=1S/C17H18ClNO2/c1-4-13-6-5-7-14(16(18)20)15(13)10-21-17-11(2)8-9-12(3)19-17/h5-9H,4,10H2,1-3H3. The summed E-state index contributed by atoms with van der Waals surface area (Å²) in [6.45, 7) is 6.19. The number of hydrogen-bond donors (Lipinski definition) is 0. The lowest BCUT2D eigenvalue weighted by Crippen LogP contribution is -2.07. The van der Waals surface area contributed by atoms with E-state index in [1.165, 1.54) is 0 Å². The van der Waals surface area contributed by atoms with Gasteiger partial charge in [0, 0.05) is 22.4 Å². The van der Waals surface area contributed by atoms with Crippen molar-refractivity contribution < 1.29 is 9.53 Å². The van der Waals surface area contributed by atoms with Gasteiger partial charge in [-0.05, 0) is 49.6 Å². The number of rotatable bonds is 5. The predicted molar refractivity (Wildman–Crippen MR) is 84.0 cm³/mol. The molecule has 1 heterocycles. The van der Waals surface area contributed by atoms with Gasteiger partial charge in [0.15, 0.2) is 0 Å². The molecule has 0 amide bonds. The number of carbonyl (C=O) groups is 1. The Labute approximate surface area is 129 Å². The molecule has 0 spiro atoms. The Balaban J connectivity index is 2.31. The molecule has 1 aromatic heterocycles. The first-order valence-corrected chi connectivity index (χ1v) is 7.28. The van der Waals surface area contributed by atoms with Crippen LogP contribution in [-0.2, 0) is 13.0 Å². The minimum absolute atomic E-state index is 0.287. The van der Waals surface area contributed by atoms with Crippen molar-refractivity contribution in [3.05, 3.63) is 58.3 Å². The van der Waals surface area contributed by atoms with Crippen molar-refractivity contribution in [2.45, 2.75) is 33.8 Å². The molecule has 0 unspecified atom stereocenters. The second kappa shape index (κ2) is 6.72. The third-order valence-electron chi connectivity index (χ3n) is 3.41. The van der Waals surface area contributed by atoms with E-state index in [9.17, 15) is 4.79 Å². The number of carbonyl (C=O) groups excluding carboxylic acids is 1. The average molecular weight is 304 g/mol. The molecule has 0 N–H and O–H groups in total. The first-order valence-electron chi connectivity index (χ1n) is 6.90. The summed E-state index contributed by atoms with van der Waals surface area (Å²) >= 11 is 5.67. The highest BCUT2D eigenvalue weighted by Gasteiger charge is 2.14. The number of hydrogen-bond acceptors (Lipinski definition) is 3. The Bertz CT molecular complexity index is 668. The quantitative estimate of drug-likeness (QED) is 0.776. The Morgan fingerprint density at radius 3 is 2.67 bits per heavy atom. The van der Waals surface area contributed by atoms with Crippen LogP contribution in [0.25, 0.3) is 0 Å². The van der Waals surface area contributed by atoms with E-state index in [4.69, 9.17) is 16.3 Å². The first kappa shape index (κ1) is 15.5. The fourth-order valence-corrected chi connectivity index (χ4v) is 2.39. The van der Waals surface area contributed by atoms with Gasteiger partial charge in [0.25, 0.3) is 5.24 Å². The van der Waals surface area contributed by atoms with E-state index in [-0.39, 0.29) is 6.61 Å². The lowest BCUT2D eigenvalue weighted by Gasteiger charge is -2.14. The normalized spacial score (nSPS) is 10.5. The van der Waals surface area contributed by atoms with Crippen LogP contribution in [0, 0.1) is 13.8 Å². The second-order valence-corrected chi connectivity index (χ2v) is 5.28. The van der Waals surface area contributed by atoms with E-state index in [2.05, 4.69) is 4.98 Å². The number of halogens is 1. The zero-order valence-corrected chi connectivity index (χ0v) is 13.2. The Morgan fingerprint density at radius 1 is 1.24 bits per heavy atom. The fraction of sp³-hybridized carbons (Fsp3) is 0.294. The molecule has 0 aliphatic carbocycles. The smallest absolute Gasteiger partial charge is 0.252 e. The van der Waals surface area contributed by atoms with Crippen LogP contribution < -0.4 is 4.74 Å².